The van der Waals surface area contributed by atoms with Gasteiger partial charge in [0.1, 0.15) is 60.6 Å². The lowest BCUT2D eigenvalue weighted by Crippen LogP contribution is -2.49. The third-order valence-electron chi connectivity index (χ3n) is 14.8. The number of nitrogens with one attached hydrogen (secondary N) is 2. The number of H-pyrrole nitrogens is 1. The number of amides is 1. The van der Waals surface area contributed by atoms with E-state index < -0.39 is 93.5 Å². The van der Waals surface area contributed by atoms with Gasteiger partial charge in [0.25, 0.3) is 11.5 Å². The molecule has 2 saturated heterocycles. The number of carbonyl (C=O) groups excluding carboxylic acids is 1. The number of rotatable bonds is 23. The molecule has 25 heteroatoms. The molecule has 9 rings (SSSR count). The number of hydrogen-bond donors (Lipinski definition) is 2. The Balaban J connectivity index is 1.12. The molecule has 2 N–H and O–H groups in total. The molecule has 21 nitrogen and oxygen atoms in total. The fraction of sp³-hybridized carbons (Fsp3) is 0.386. The number of imidazole rings is 1. The van der Waals surface area contributed by atoms with Gasteiger partial charge in [0.2, 0.25) is 6.54 Å². The Bertz CT molecular complexity index is 3490. The Morgan fingerprint density at radius 3 is 2.00 bits per heavy atom. The van der Waals surface area contributed by atoms with Crippen molar-refractivity contribution < 1.29 is 55.6 Å². The molecule has 82 heavy (non-hydrogen) atoms. The summed E-state index contributed by atoms with van der Waals surface area (Å²) in [6.07, 6.45) is -6.60. The molecule has 3 aromatic heterocycles. The quantitative estimate of drug-likeness (QED) is 0.0201. The van der Waals surface area contributed by atoms with Gasteiger partial charge in [-0.15, -0.1) is 0 Å². The number of ether oxygens (including phenoxy) is 6. The van der Waals surface area contributed by atoms with Crippen molar-refractivity contribution in [3.8, 4) is 11.5 Å². The molecule has 9 atom stereocenters. The molecule has 2 fully saturated rings. The number of aromatic amines is 1. The predicted octanol–water partition coefficient (Wildman–Crippen LogP) is 8.76. The monoisotopic (exact) mass is 1180 g/mol. The minimum Gasteiger partial charge on any atom is -0.497 e. The van der Waals surface area contributed by atoms with Crippen LogP contribution in [-0.2, 0) is 54.4 Å². The Morgan fingerprint density at radius 2 is 1.40 bits per heavy atom. The summed E-state index contributed by atoms with van der Waals surface area (Å²) >= 11 is 6.29. The first-order valence-corrected chi connectivity index (χ1v) is 31.7. The second-order valence-corrected chi connectivity index (χ2v) is 28.6. The Kier molecular flexibility index (Phi) is 18.5. The summed E-state index contributed by atoms with van der Waals surface area (Å²) in [4.78, 5) is 58.0. The van der Waals surface area contributed by atoms with Crippen LogP contribution in [0.1, 0.15) is 60.3 Å². The third kappa shape index (κ3) is 12.6. The maximum atomic E-state index is 17.1. The molecule has 3 unspecified atom stereocenters. The Hall–Kier alpha value is -6.85. The van der Waals surface area contributed by atoms with E-state index in [9.17, 15) is 14.4 Å². The van der Waals surface area contributed by atoms with Gasteiger partial charge in [-0.3, -0.25) is 28.2 Å². The zero-order valence-electron chi connectivity index (χ0n) is 46.4. The SMILES string of the molecule is [C-]#[N+]CCOP(=S)(OC[C@H]1O[C@@H](n2ccc(=O)[nH]c2=O)[C@@H](F)C1O[Si](C)(C)C(C)(C)C)OC1[C@@H](COC(c2ccccc2)(c2ccc(OC)cc2)c2ccc(OC)cc2)O[C@@H](n2cnc3c(NC(=O)c4ccccc4)ncnc32)[C@H]1OC. The number of anilines is 1. The zero-order chi connectivity index (χ0) is 58.4. The highest BCUT2D eigenvalue weighted by Crippen LogP contribution is 2.55. The number of methoxy groups -OCH3 is 3. The molecule has 0 radical (unpaired) electrons. The predicted molar refractivity (Wildman–Crippen MR) is 307 cm³/mol. The summed E-state index contributed by atoms with van der Waals surface area (Å²) in [7, 11) is 1.85. The smallest absolute Gasteiger partial charge is 0.330 e. The summed E-state index contributed by atoms with van der Waals surface area (Å²) < 4.78 is 84.6. The van der Waals surface area contributed by atoms with E-state index >= 15 is 4.39 Å². The van der Waals surface area contributed by atoms with E-state index in [1.165, 1.54) is 19.8 Å². The zero-order valence-corrected chi connectivity index (χ0v) is 49.1. The van der Waals surface area contributed by atoms with Crippen LogP contribution in [0.25, 0.3) is 16.0 Å². The molecule has 432 valence electrons. The first-order chi connectivity index (χ1) is 39.3. The van der Waals surface area contributed by atoms with Gasteiger partial charge >= 0.3 is 12.4 Å². The summed E-state index contributed by atoms with van der Waals surface area (Å²) in [5.74, 6) is 0.946. The number of carbonyl (C=O) groups is 1. The minimum atomic E-state index is -4.15. The molecule has 0 bridgehead atoms. The largest absolute Gasteiger partial charge is 0.497 e. The molecule has 5 heterocycles. The maximum Gasteiger partial charge on any atom is 0.330 e. The molecule has 0 spiro atoms. The van der Waals surface area contributed by atoms with Crippen LogP contribution >= 0.6 is 6.72 Å². The average Bonchev–Trinajstić information content (AvgIpc) is 2.90. The number of benzene rings is 4. The lowest BCUT2D eigenvalue weighted by atomic mass is 9.80. The van der Waals surface area contributed by atoms with Crippen molar-refractivity contribution in [3.05, 3.63) is 189 Å². The second-order valence-electron chi connectivity index (χ2n) is 20.8. The highest BCUT2D eigenvalue weighted by molar-refractivity contribution is 8.07. The van der Waals surface area contributed by atoms with Crippen molar-refractivity contribution in [1.82, 2.24) is 29.1 Å². The lowest BCUT2D eigenvalue weighted by Gasteiger charge is -2.39. The van der Waals surface area contributed by atoms with Gasteiger partial charge in [-0.2, -0.15) is 0 Å². The van der Waals surface area contributed by atoms with E-state index in [1.807, 2.05) is 113 Å². The van der Waals surface area contributed by atoms with E-state index in [2.05, 4.69) is 30.1 Å². The van der Waals surface area contributed by atoms with Gasteiger partial charge < -0.3 is 52.1 Å². The summed E-state index contributed by atoms with van der Waals surface area (Å²) in [5.41, 5.74) is 0.160. The molecule has 2 aliphatic rings. The number of hydrogen-bond acceptors (Lipinski definition) is 17. The van der Waals surface area contributed by atoms with Crippen LogP contribution in [0, 0.1) is 6.57 Å². The summed E-state index contributed by atoms with van der Waals surface area (Å²) in [6, 6.07) is 34.4. The topological polar surface area (TPSA) is 224 Å². The van der Waals surface area contributed by atoms with Gasteiger partial charge in [-0.05, 0) is 83.0 Å². The van der Waals surface area contributed by atoms with Crippen LogP contribution in [0.5, 0.6) is 11.5 Å². The first-order valence-electron chi connectivity index (χ1n) is 26.2. The van der Waals surface area contributed by atoms with Gasteiger partial charge in [0, 0.05) is 24.9 Å². The van der Waals surface area contributed by atoms with E-state index in [0.717, 1.165) is 33.5 Å². The molecular weight excluding hydrogens is 1110 g/mol. The number of alkyl halides is 1. The number of fused-ring (bicyclic) bond motifs is 1. The van der Waals surface area contributed by atoms with Gasteiger partial charge in [-0.1, -0.05) is 93.6 Å². The van der Waals surface area contributed by atoms with Gasteiger partial charge in [0.15, 0.2) is 43.9 Å². The van der Waals surface area contributed by atoms with Crippen LogP contribution in [0.3, 0.4) is 0 Å². The molecule has 0 saturated carbocycles. The van der Waals surface area contributed by atoms with E-state index in [4.69, 9.17) is 64.8 Å². The Morgan fingerprint density at radius 1 is 0.793 bits per heavy atom. The number of nitrogens with zero attached hydrogens (tertiary/aromatic N) is 6. The van der Waals surface area contributed by atoms with E-state index in [0.29, 0.717) is 17.1 Å². The first kappa shape index (κ1) is 59.8. The number of halogens is 1. The Labute approximate surface area is 479 Å². The van der Waals surface area contributed by atoms with Crippen LogP contribution in [0.15, 0.2) is 144 Å². The molecule has 7 aromatic rings. The molecule has 2 aliphatic heterocycles. The minimum absolute atomic E-state index is 0.133. The van der Waals surface area contributed by atoms with Crippen molar-refractivity contribution in [2.45, 2.75) is 93.7 Å². The fourth-order valence-corrected chi connectivity index (χ4v) is 13.0. The van der Waals surface area contributed by atoms with Crippen molar-refractivity contribution >= 4 is 49.7 Å². The molecule has 4 aromatic carbocycles. The van der Waals surface area contributed by atoms with Gasteiger partial charge in [0.05, 0.1) is 33.8 Å². The van der Waals surface area contributed by atoms with Crippen LogP contribution in [0.4, 0.5) is 10.2 Å². The summed E-state index contributed by atoms with van der Waals surface area (Å²) in [6.45, 7) is 12.3. The van der Waals surface area contributed by atoms with Gasteiger partial charge in [-0.25, -0.2) is 30.7 Å². The highest BCUT2D eigenvalue weighted by Gasteiger charge is 2.54. The van der Waals surface area contributed by atoms with E-state index in [1.54, 1.807) is 49.1 Å². The van der Waals surface area contributed by atoms with Crippen LogP contribution in [-0.4, -0.2) is 128 Å². The lowest BCUT2D eigenvalue weighted by molar-refractivity contribution is -0.0946. The van der Waals surface area contributed by atoms with Crippen molar-refractivity contribution in [2.24, 2.45) is 0 Å². The maximum absolute atomic E-state index is 17.1. The molecular formula is C57H64FN8O13PSSi. The fourth-order valence-electron chi connectivity index (χ4n) is 9.57. The van der Waals surface area contributed by atoms with Crippen LogP contribution < -0.4 is 26.0 Å². The van der Waals surface area contributed by atoms with Crippen LogP contribution in [0.2, 0.25) is 18.1 Å². The summed E-state index contributed by atoms with van der Waals surface area (Å²) in [5, 5.41) is 2.46. The van der Waals surface area contributed by atoms with E-state index in [-0.39, 0.29) is 41.8 Å². The normalized spacial score (nSPS) is 21.9. The van der Waals surface area contributed by atoms with Crippen molar-refractivity contribution in [1.29, 1.82) is 0 Å². The van der Waals surface area contributed by atoms with Crippen molar-refractivity contribution in [2.75, 3.05) is 53.0 Å². The third-order valence-corrected chi connectivity index (χ3v) is 21.7. The molecule has 0 aliphatic carbocycles. The standard InChI is InChI=1S/C57H64FN8O13PSSi/c1-56(2,3)82(8,9)79-47-43(76-53(45(47)58)65-30-28-44(67)63-55(65)69)33-75-80(81,74-31-29-59-4)78-48-42(77-54(49(48)72-7)66-35-62-46-50(60-34-61-51(46)66)64-52(68)36-16-12-10-13-17-36)32-73-57(37-18-14-11-15-19-37,38-20-24-40(70-5)25-21-38)39-22-26-41(71-6)27-23-39/h10-28,30,34-35,42-43,45,47-49,53-54H,29,31-33H2,1-3,5-9H3,(H,63,67,69)(H,60,61,64,68)/t42-,43-,45+,47?,48?,49+,53-,54-,80?/m1/s1. The second kappa shape index (κ2) is 25.3. The molecule has 1 amide bonds. The van der Waals surface area contributed by atoms with Crippen molar-refractivity contribution in [3.63, 3.8) is 0 Å². The number of aromatic nitrogens is 6. The average molecular weight is 1180 g/mol. The highest BCUT2D eigenvalue weighted by atomic mass is 32.5.